The van der Waals surface area contributed by atoms with Gasteiger partial charge in [0.25, 0.3) is 5.56 Å². The number of allylic oxidation sites excluding steroid dienone is 1. The van der Waals surface area contributed by atoms with Crippen molar-refractivity contribution < 1.29 is 14.3 Å². The van der Waals surface area contributed by atoms with Crippen LogP contribution in [0.3, 0.4) is 0 Å². The molecule has 0 saturated heterocycles. The second-order valence-electron chi connectivity index (χ2n) is 7.22. The van der Waals surface area contributed by atoms with E-state index in [4.69, 9.17) is 32.7 Å². The number of carbonyl (C=O) groups excluding carboxylic acids is 1. The number of aromatic nitrogens is 1. The van der Waals surface area contributed by atoms with Crippen LogP contribution in [0.25, 0.3) is 6.08 Å². The van der Waals surface area contributed by atoms with Crippen LogP contribution in [0.4, 0.5) is 0 Å². The Balaban J connectivity index is 1.96. The number of carbonyl (C=O) groups is 1. The number of fused-ring (bicyclic) bond motifs is 1. The maximum absolute atomic E-state index is 13.6. The number of halogens is 2. The lowest BCUT2D eigenvalue weighted by atomic mass is 9.96. The van der Waals surface area contributed by atoms with Crippen LogP contribution in [0, 0.1) is 0 Å². The van der Waals surface area contributed by atoms with Crippen molar-refractivity contribution in [2.24, 2.45) is 4.99 Å². The minimum atomic E-state index is -0.691. The summed E-state index contributed by atoms with van der Waals surface area (Å²) >= 11 is 13.7. The number of hydrogen-bond donors (Lipinski definition) is 0. The second-order valence-corrected chi connectivity index (χ2v) is 9.01. The van der Waals surface area contributed by atoms with Gasteiger partial charge in [0.1, 0.15) is 5.75 Å². The first-order valence-corrected chi connectivity index (χ1v) is 11.7. The first-order chi connectivity index (χ1) is 15.8. The van der Waals surface area contributed by atoms with E-state index in [0.717, 1.165) is 5.56 Å². The highest BCUT2D eigenvalue weighted by molar-refractivity contribution is 7.07. The highest BCUT2D eigenvalue weighted by Gasteiger charge is 2.33. The standard InChI is InChI=1S/C24H20Cl2N2O4S/c1-4-32-23(30)19-13(2)27-24-28(21(19)14-8-10-16(31-3)11-9-14)22(29)18(33-24)12-15-6-5-7-17(25)20(15)26/h5-12,21H,4H2,1-3H3/b18-12-/t21-/m1/s1. The average molecular weight is 503 g/mol. The molecule has 1 aromatic heterocycles. The van der Waals surface area contributed by atoms with Gasteiger partial charge in [-0.1, -0.05) is 58.8 Å². The molecular formula is C24H20Cl2N2O4S. The van der Waals surface area contributed by atoms with Gasteiger partial charge in [-0.25, -0.2) is 9.79 Å². The van der Waals surface area contributed by atoms with Crippen LogP contribution < -0.4 is 19.6 Å². The van der Waals surface area contributed by atoms with Crippen LogP contribution >= 0.6 is 34.5 Å². The molecule has 33 heavy (non-hydrogen) atoms. The van der Waals surface area contributed by atoms with Gasteiger partial charge in [0.05, 0.1) is 45.6 Å². The summed E-state index contributed by atoms with van der Waals surface area (Å²) in [4.78, 5) is 31.5. The SMILES string of the molecule is CCOC(=O)C1=C(C)N=c2s/c(=C\c3cccc(Cl)c3Cl)c(=O)n2[C@@H]1c1ccc(OC)cc1. The molecule has 4 rings (SSSR count). The van der Waals surface area contributed by atoms with E-state index in [9.17, 15) is 9.59 Å². The molecular weight excluding hydrogens is 483 g/mol. The normalized spacial score (nSPS) is 15.8. The highest BCUT2D eigenvalue weighted by Crippen LogP contribution is 2.32. The van der Waals surface area contributed by atoms with E-state index < -0.39 is 12.0 Å². The fraction of sp³-hybridized carbons (Fsp3) is 0.208. The topological polar surface area (TPSA) is 69.9 Å². The molecule has 0 unspecified atom stereocenters. The average Bonchev–Trinajstić information content (AvgIpc) is 3.10. The number of benzene rings is 2. The van der Waals surface area contributed by atoms with Crippen LogP contribution in [-0.2, 0) is 9.53 Å². The molecule has 6 nitrogen and oxygen atoms in total. The number of hydrogen-bond acceptors (Lipinski definition) is 6. The molecule has 0 saturated carbocycles. The van der Waals surface area contributed by atoms with Crippen molar-refractivity contribution in [2.45, 2.75) is 19.9 Å². The summed E-state index contributed by atoms with van der Waals surface area (Å²) in [5.41, 5.74) is 1.90. The Hall–Kier alpha value is -2.87. The lowest BCUT2D eigenvalue weighted by Gasteiger charge is -2.24. The Kier molecular flexibility index (Phi) is 6.74. The summed E-state index contributed by atoms with van der Waals surface area (Å²) in [5, 5.41) is 0.759. The molecule has 9 heteroatoms. The zero-order valence-electron chi connectivity index (χ0n) is 18.1. The van der Waals surface area contributed by atoms with E-state index in [2.05, 4.69) is 4.99 Å². The molecule has 0 bridgehead atoms. The molecule has 0 spiro atoms. The maximum atomic E-state index is 13.6. The zero-order valence-corrected chi connectivity index (χ0v) is 20.4. The van der Waals surface area contributed by atoms with Gasteiger partial charge in [0.15, 0.2) is 4.80 Å². The smallest absolute Gasteiger partial charge is 0.338 e. The van der Waals surface area contributed by atoms with Crippen molar-refractivity contribution in [3.8, 4) is 5.75 Å². The Labute approximate surface area is 204 Å². The van der Waals surface area contributed by atoms with Crippen LogP contribution in [0.15, 0.2) is 63.5 Å². The zero-order chi connectivity index (χ0) is 23.7. The first kappa shape index (κ1) is 23.3. The molecule has 1 aliphatic rings. The van der Waals surface area contributed by atoms with E-state index in [-0.39, 0.29) is 12.2 Å². The molecule has 0 radical (unpaired) electrons. The van der Waals surface area contributed by atoms with Crippen molar-refractivity contribution in [3.63, 3.8) is 0 Å². The van der Waals surface area contributed by atoms with Crippen LogP contribution in [0.1, 0.15) is 31.0 Å². The number of rotatable bonds is 5. The number of esters is 1. The molecule has 0 amide bonds. The van der Waals surface area contributed by atoms with E-state index in [0.29, 0.717) is 42.0 Å². The van der Waals surface area contributed by atoms with E-state index in [1.165, 1.54) is 15.9 Å². The fourth-order valence-corrected chi connectivity index (χ4v) is 5.07. The molecule has 1 atom stereocenters. The van der Waals surface area contributed by atoms with Gasteiger partial charge >= 0.3 is 5.97 Å². The van der Waals surface area contributed by atoms with E-state index >= 15 is 0 Å². The van der Waals surface area contributed by atoms with Gasteiger partial charge in [-0.3, -0.25) is 9.36 Å². The Bertz CT molecular complexity index is 1440. The predicted molar refractivity (Wildman–Crippen MR) is 130 cm³/mol. The van der Waals surface area contributed by atoms with Crippen molar-refractivity contribution in [1.29, 1.82) is 0 Å². The molecule has 0 aliphatic carbocycles. The molecule has 0 N–H and O–H groups in total. The van der Waals surface area contributed by atoms with Gasteiger partial charge in [0.2, 0.25) is 0 Å². The Morgan fingerprint density at radius 3 is 2.61 bits per heavy atom. The van der Waals surface area contributed by atoms with Gasteiger partial charge in [-0.05, 0) is 49.2 Å². The number of thiazole rings is 1. The molecule has 0 fully saturated rings. The number of ether oxygens (including phenoxy) is 2. The van der Waals surface area contributed by atoms with Crippen molar-refractivity contribution in [2.75, 3.05) is 13.7 Å². The number of nitrogens with zero attached hydrogens (tertiary/aromatic N) is 2. The summed E-state index contributed by atoms with van der Waals surface area (Å²) in [6, 6.07) is 11.8. The van der Waals surface area contributed by atoms with Crippen molar-refractivity contribution in [3.05, 3.63) is 94.6 Å². The van der Waals surface area contributed by atoms with Crippen LogP contribution in [0.5, 0.6) is 5.75 Å². The van der Waals surface area contributed by atoms with Gasteiger partial charge in [-0.2, -0.15) is 0 Å². The molecule has 2 heterocycles. The predicted octanol–water partition coefficient (Wildman–Crippen LogP) is 4.11. The third-order valence-electron chi connectivity index (χ3n) is 5.22. The summed E-state index contributed by atoms with van der Waals surface area (Å²) in [6.45, 7) is 3.69. The third-order valence-corrected chi connectivity index (χ3v) is 7.03. The summed E-state index contributed by atoms with van der Waals surface area (Å²) < 4.78 is 12.5. The first-order valence-electron chi connectivity index (χ1n) is 10.1. The van der Waals surface area contributed by atoms with E-state index in [1.807, 2.05) is 12.1 Å². The fourth-order valence-electron chi connectivity index (χ4n) is 3.67. The second kappa shape index (κ2) is 9.55. The summed E-state index contributed by atoms with van der Waals surface area (Å²) in [7, 11) is 1.58. The lowest BCUT2D eigenvalue weighted by molar-refractivity contribution is -0.139. The minimum Gasteiger partial charge on any atom is -0.497 e. The van der Waals surface area contributed by atoms with Crippen LogP contribution in [0.2, 0.25) is 10.0 Å². The summed E-state index contributed by atoms with van der Waals surface area (Å²) in [6.07, 6.45) is 1.69. The van der Waals surface area contributed by atoms with Gasteiger partial charge < -0.3 is 9.47 Å². The molecule has 1 aliphatic heterocycles. The Morgan fingerprint density at radius 2 is 1.94 bits per heavy atom. The quantitative estimate of drug-likeness (QED) is 0.492. The van der Waals surface area contributed by atoms with Crippen molar-refractivity contribution in [1.82, 2.24) is 4.57 Å². The van der Waals surface area contributed by atoms with Crippen molar-refractivity contribution >= 4 is 46.6 Å². The molecule has 170 valence electrons. The third kappa shape index (κ3) is 4.36. The van der Waals surface area contributed by atoms with Crippen LogP contribution in [-0.4, -0.2) is 24.3 Å². The molecule has 2 aromatic carbocycles. The Morgan fingerprint density at radius 1 is 1.21 bits per heavy atom. The molecule has 3 aromatic rings. The van der Waals surface area contributed by atoms with E-state index in [1.54, 1.807) is 57.4 Å². The monoisotopic (exact) mass is 502 g/mol. The number of methoxy groups -OCH3 is 1. The largest absolute Gasteiger partial charge is 0.497 e. The minimum absolute atomic E-state index is 0.211. The lowest BCUT2D eigenvalue weighted by Crippen LogP contribution is -2.39. The highest BCUT2D eigenvalue weighted by atomic mass is 35.5. The maximum Gasteiger partial charge on any atom is 0.338 e. The van der Waals surface area contributed by atoms with Gasteiger partial charge in [0, 0.05) is 0 Å². The summed E-state index contributed by atoms with van der Waals surface area (Å²) in [5.74, 6) is 0.159. The van der Waals surface area contributed by atoms with Gasteiger partial charge in [-0.15, -0.1) is 0 Å².